The summed E-state index contributed by atoms with van der Waals surface area (Å²) in [5, 5.41) is 3.33. The molecule has 1 unspecified atom stereocenters. The minimum Gasteiger partial charge on any atom is -0.465 e. The van der Waals surface area contributed by atoms with E-state index in [1.807, 2.05) is 6.92 Å². The monoisotopic (exact) mass is 199 g/mol. The Kier molecular flexibility index (Phi) is 4.39. The van der Waals surface area contributed by atoms with Gasteiger partial charge in [-0.2, -0.15) is 0 Å². The topological polar surface area (TPSA) is 38.3 Å². The Morgan fingerprint density at radius 3 is 2.57 bits per heavy atom. The number of ether oxygens (including phenoxy) is 1. The Morgan fingerprint density at radius 2 is 2.14 bits per heavy atom. The molecule has 1 atom stereocenters. The van der Waals surface area contributed by atoms with E-state index in [0.29, 0.717) is 18.6 Å². The molecule has 0 heterocycles. The number of rotatable bonds is 6. The van der Waals surface area contributed by atoms with Gasteiger partial charge in [0.15, 0.2) is 0 Å². The quantitative estimate of drug-likeness (QED) is 0.662. The van der Waals surface area contributed by atoms with E-state index < -0.39 is 0 Å². The molecule has 0 aromatic rings. The Hall–Kier alpha value is -0.570. The van der Waals surface area contributed by atoms with E-state index in [1.165, 1.54) is 12.8 Å². The molecule has 0 spiro atoms. The van der Waals surface area contributed by atoms with Gasteiger partial charge in [-0.3, -0.25) is 4.79 Å². The molecule has 14 heavy (non-hydrogen) atoms. The number of carbonyl (C=O) groups is 1. The highest BCUT2D eigenvalue weighted by Crippen LogP contribution is 2.21. The highest BCUT2D eigenvalue weighted by Gasteiger charge is 2.29. The molecule has 0 aromatic heterocycles. The summed E-state index contributed by atoms with van der Waals surface area (Å²) in [6.45, 7) is 6.57. The van der Waals surface area contributed by atoms with Gasteiger partial charge < -0.3 is 10.1 Å². The summed E-state index contributed by atoms with van der Waals surface area (Å²) >= 11 is 0. The van der Waals surface area contributed by atoms with Gasteiger partial charge in [-0.25, -0.2) is 0 Å². The molecule has 0 saturated heterocycles. The van der Waals surface area contributed by atoms with Crippen molar-refractivity contribution in [1.82, 2.24) is 5.32 Å². The third-order valence-corrected chi connectivity index (χ3v) is 2.29. The molecule has 1 N–H and O–H groups in total. The Bertz CT molecular complexity index is 184. The maximum absolute atomic E-state index is 11.6. The average Bonchev–Trinajstić information content (AvgIpc) is 2.86. The summed E-state index contributed by atoms with van der Waals surface area (Å²) in [5.41, 5.74) is 0. The number of esters is 1. The lowest BCUT2D eigenvalue weighted by atomic mass is 10.0. The van der Waals surface area contributed by atoms with Crippen LogP contribution in [0.25, 0.3) is 0 Å². The van der Waals surface area contributed by atoms with E-state index in [0.717, 1.165) is 6.42 Å². The van der Waals surface area contributed by atoms with Crippen LogP contribution in [0.2, 0.25) is 0 Å². The molecule has 82 valence electrons. The molecule has 1 aliphatic rings. The van der Waals surface area contributed by atoms with E-state index in [2.05, 4.69) is 19.2 Å². The third-order valence-electron chi connectivity index (χ3n) is 2.29. The predicted molar refractivity (Wildman–Crippen MR) is 56.0 cm³/mol. The lowest BCUT2D eigenvalue weighted by molar-refractivity contribution is -0.146. The molecule has 3 heteroatoms. The van der Waals surface area contributed by atoms with Crippen molar-refractivity contribution >= 4 is 5.97 Å². The SMILES string of the molecule is CCOC(=O)C(CC(C)C)NC1CC1. The first-order chi connectivity index (χ1) is 6.63. The van der Waals surface area contributed by atoms with Crippen LogP contribution >= 0.6 is 0 Å². The van der Waals surface area contributed by atoms with E-state index in [9.17, 15) is 4.79 Å². The van der Waals surface area contributed by atoms with Crippen molar-refractivity contribution in [3.05, 3.63) is 0 Å². The van der Waals surface area contributed by atoms with Gasteiger partial charge in [0, 0.05) is 6.04 Å². The second-order valence-corrected chi connectivity index (χ2v) is 4.38. The molecule has 1 rings (SSSR count). The fraction of sp³-hybridized carbons (Fsp3) is 0.909. The minimum atomic E-state index is -0.0950. The fourth-order valence-electron chi connectivity index (χ4n) is 1.48. The molecule has 3 nitrogen and oxygen atoms in total. The van der Waals surface area contributed by atoms with Gasteiger partial charge in [-0.1, -0.05) is 13.8 Å². The van der Waals surface area contributed by atoms with Crippen molar-refractivity contribution < 1.29 is 9.53 Å². The van der Waals surface area contributed by atoms with Crippen LogP contribution in [0.3, 0.4) is 0 Å². The van der Waals surface area contributed by atoms with Gasteiger partial charge in [-0.15, -0.1) is 0 Å². The summed E-state index contributed by atoms with van der Waals surface area (Å²) in [7, 11) is 0. The Balaban J connectivity index is 2.37. The normalized spacial score (nSPS) is 18.3. The van der Waals surface area contributed by atoms with Crippen LogP contribution in [0.1, 0.15) is 40.0 Å². The molecular weight excluding hydrogens is 178 g/mol. The van der Waals surface area contributed by atoms with Crippen LogP contribution in [0.15, 0.2) is 0 Å². The fourth-order valence-corrected chi connectivity index (χ4v) is 1.48. The number of nitrogens with one attached hydrogen (secondary N) is 1. The Morgan fingerprint density at radius 1 is 1.50 bits per heavy atom. The molecular formula is C11H21NO2. The molecule has 0 radical (unpaired) electrons. The van der Waals surface area contributed by atoms with Gasteiger partial charge >= 0.3 is 5.97 Å². The molecule has 1 fully saturated rings. The second kappa shape index (κ2) is 5.35. The molecule has 1 saturated carbocycles. The summed E-state index contributed by atoms with van der Waals surface area (Å²) in [6.07, 6.45) is 3.28. The molecule has 1 aliphatic carbocycles. The third kappa shape index (κ3) is 4.09. The largest absolute Gasteiger partial charge is 0.465 e. The van der Waals surface area contributed by atoms with E-state index >= 15 is 0 Å². The summed E-state index contributed by atoms with van der Waals surface area (Å²) in [4.78, 5) is 11.6. The second-order valence-electron chi connectivity index (χ2n) is 4.38. The predicted octanol–water partition coefficient (Wildman–Crippen LogP) is 1.72. The highest BCUT2D eigenvalue weighted by molar-refractivity contribution is 5.75. The zero-order chi connectivity index (χ0) is 10.6. The summed E-state index contributed by atoms with van der Waals surface area (Å²) in [6, 6.07) is 0.464. The van der Waals surface area contributed by atoms with Crippen LogP contribution < -0.4 is 5.32 Å². The summed E-state index contributed by atoms with van der Waals surface area (Å²) < 4.78 is 5.03. The molecule has 0 aliphatic heterocycles. The van der Waals surface area contributed by atoms with Crippen molar-refractivity contribution in [3.8, 4) is 0 Å². The highest BCUT2D eigenvalue weighted by atomic mass is 16.5. The lowest BCUT2D eigenvalue weighted by Gasteiger charge is -2.18. The number of hydrogen-bond acceptors (Lipinski definition) is 3. The van der Waals surface area contributed by atoms with Gasteiger partial charge in [-0.05, 0) is 32.1 Å². The van der Waals surface area contributed by atoms with Gasteiger partial charge in [0.2, 0.25) is 0 Å². The molecule has 0 bridgehead atoms. The van der Waals surface area contributed by atoms with Crippen molar-refractivity contribution in [2.45, 2.75) is 52.1 Å². The van der Waals surface area contributed by atoms with Crippen molar-refractivity contribution in [2.75, 3.05) is 6.61 Å². The van der Waals surface area contributed by atoms with Gasteiger partial charge in [0.1, 0.15) is 6.04 Å². The average molecular weight is 199 g/mol. The van der Waals surface area contributed by atoms with Crippen LogP contribution in [0, 0.1) is 5.92 Å². The van der Waals surface area contributed by atoms with E-state index in [4.69, 9.17) is 4.74 Å². The zero-order valence-corrected chi connectivity index (χ0v) is 9.38. The number of hydrogen-bond donors (Lipinski definition) is 1. The van der Waals surface area contributed by atoms with Crippen molar-refractivity contribution in [3.63, 3.8) is 0 Å². The van der Waals surface area contributed by atoms with Crippen LogP contribution in [0.4, 0.5) is 0 Å². The summed E-state index contributed by atoms with van der Waals surface area (Å²) in [5.74, 6) is 0.434. The Labute approximate surface area is 86.2 Å². The zero-order valence-electron chi connectivity index (χ0n) is 9.38. The lowest BCUT2D eigenvalue weighted by Crippen LogP contribution is -2.40. The van der Waals surface area contributed by atoms with Crippen molar-refractivity contribution in [2.24, 2.45) is 5.92 Å². The van der Waals surface area contributed by atoms with E-state index in [1.54, 1.807) is 0 Å². The smallest absolute Gasteiger partial charge is 0.323 e. The van der Waals surface area contributed by atoms with Crippen LogP contribution in [-0.2, 0) is 9.53 Å². The standard InChI is InChI=1S/C11H21NO2/c1-4-14-11(13)10(7-8(2)3)12-9-5-6-9/h8-10,12H,4-7H2,1-3H3. The van der Waals surface area contributed by atoms with Crippen molar-refractivity contribution in [1.29, 1.82) is 0 Å². The van der Waals surface area contributed by atoms with Crippen LogP contribution in [0.5, 0.6) is 0 Å². The van der Waals surface area contributed by atoms with Gasteiger partial charge in [0.05, 0.1) is 6.61 Å². The first-order valence-electron chi connectivity index (χ1n) is 5.56. The molecule has 0 amide bonds. The first kappa shape index (κ1) is 11.5. The molecule has 0 aromatic carbocycles. The first-order valence-corrected chi connectivity index (χ1v) is 5.56. The number of carbonyl (C=O) groups excluding carboxylic acids is 1. The van der Waals surface area contributed by atoms with Gasteiger partial charge in [0.25, 0.3) is 0 Å². The minimum absolute atomic E-state index is 0.0897. The maximum Gasteiger partial charge on any atom is 0.323 e. The maximum atomic E-state index is 11.6. The van der Waals surface area contributed by atoms with Crippen LogP contribution in [-0.4, -0.2) is 24.7 Å². The van der Waals surface area contributed by atoms with E-state index in [-0.39, 0.29) is 12.0 Å².